The minimum atomic E-state index is -3.21. The highest BCUT2D eigenvalue weighted by Crippen LogP contribution is 2.20. The van der Waals surface area contributed by atoms with Gasteiger partial charge in [0.15, 0.2) is 15.7 Å². The van der Waals surface area contributed by atoms with E-state index in [1.165, 1.54) is 6.26 Å². The van der Waals surface area contributed by atoms with E-state index in [0.717, 1.165) is 5.56 Å². The monoisotopic (exact) mass is 310 g/mol. The van der Waals surface area contributed by atoms with E-state index in [9.17, 15) is 8.42 Å². The molecule has 0 unspecified atom stereocenters. The second kappa shape index (κ2) is 6.33. The lowest BCUT2D eigenvalue weighted by atomic mass is 10.2. The number of hydrogen-bond donors (Lipinski definition) is 1. The van der Waals surface area contributed by atoms with Gasteiger partial charge in [-0.3, -0.25) is 0 Å². The maximum absolute atomic E-state index is 11.5. The van der Waals surface area contributed by atoms with Gasteiger partial charge in [-0.05, 0) is 24.3 Å². The molecule has 0 saturated carbocycles. The predicted octanol–water partition coefficient (Wildman–Crippen LogP) is 0.454. The Labute approximate surface area is 123 Å². The summed E-state index contributed by atoms with van der Waals surface area (Å²) in [5, 5.41) is 8.18. The Kier molecular flexibility index (Phi) is 4.71. The standard InChI is InChI=1S/C13H18N4O3S/c1-20-8-7-17-12(9-14)15-16-13(17)10-3-5-11(6-4-10)21(2,18)19/h3-6H,7-9,14H2,1-2H3. The molecule has 1 aromatic heterocycles. The van der Waals surface area contributed by atoms with Crippen LogP contribution in [0.3, 0.4) is 0 Å². The average molecular weight is 310 g/mol. The number of rotatable bonds is 6. The van der Waals surface area contributed by atoms with Gasteiger partial charge in [0.05, 0.1) is 18.0 Å². The van der Waals surface area contributed by atoms with E-state index in [0.29, 0.717) is 24.8 Å². The Morgan fingerprint density at radius 3 is 2.43 bits per heavy atom. The molecule has 0 aliphatic carbocycles. The van der Waals surface area contributed by atoms with Crippen molar-refractivity contribution in [1.29, 1.82) is 0 Å². The largest absolute Gasteiger partial charge is 0.383 e. The molecule has 0 fully saturated rings. The van der Waals surface area contributed by atoms with Gasteiger partial charge in [-0.2, -0.15) is 0 Å². The average Bonchev–Trinajstić information content (AvgIpc) is 2.87. The van der Waals surface area contributed by atoms with Crippen LogP contribution < -0.4 is 5.73 Å². The van der Waals surface area contributed by atoms with Crippen LogP contribution in [0.5, 0.6) is 0 Å². The molecule has 0 radical (unpaired) electrons. The highest BCUT2D eigenvalue weighted by molar-refractivity contribution is 7.90. The zero-order chi connectivity index (χ0) is 15.5. The molecule has 8 heteroatoms. The van der Waals surface area contributed by atoms with E-state index in [4.69, 9.17) is 10.5 Å². The SMILES string of the molecule is COCCn1c(CN)nnc1-c1ccc(S(C)(=O)=O)cc1. The van der Waals surface area contributed by atoms with Crippen molar-refractivity contribution < 1.29 is 13.2 Å². The summed E-state index contributed by atoms with van der Waals surface area (Å²) in [5.41, 5.74) is 6.43. The van der Waals surface area contributed by atoms with E-state index in [-0.39, 0.29) is 11.4 Å². The summed E-state index contributed by atoms with van der Waals surface area (Å²) in [6.07, 6.45) is 1.18. The molecule has 7 nitrogen and oxygen atoms in total. The van der Waals surface area contributed by atoms with Crippen molar-refractivity contribution in [2.45, 2.75) is 18.0 Å². The third kappa shape index (κ3) is 3.46. The fourth-order valence-electron chi connectivity index (χ4n) is 1.97. The number of sulfone groups is 1. The number of hydrogen-bond acceptors (Lipinski definition) is 6. The normalized spacial score (nSPS) is 11.8. The summed E-state index contributed by atoms with van der Waals surface area (Å²) in [6, 6.07) is 6.54. The quantitative estimate of drug-likeness (QED) is 0.831. The van der Waals surface area contributed by atoms with Gasteiger partial charge in [0.1, 0.15) is 5.82 Å². The van der Waals surface area contributed by atoms with E-state index in [2.05, 4.69) is 10.2 Å². The fourth-order valence-corrected chi connectivity index (χ4v) is 2.60. The molecule has 2 aromatic rings. The predicted molar refractivity (Wildman–Crippen MR) is 78.3 cm³/mol. The number of nitrogens with zero attached hydrogens (tertiary/aromatic N) is 3. The first-order valence-corrected chi connectivity index (χ1v) is 8.28. The number of aromatic nitrogens is 3. The minimum Gasteiger partial charge on any atom is -0.383 e. The molecule has 114 valence electrons. The maximum Gasteiger partial charge on any atom is 0.175 e. The third-order valence-electron chi connectivity index (χ3n) is 3.07. The zero-order valence-corrected chi connectivity index (χ0v) is 12.8. The molecule has 2 N–H and O–H groups in total. The highest BCUT2D eigenvalue weighted by atomic mass is 32.2. The summed E-state index contributed by atoms with van der Waals surface area (Å²) in [5.74, 6) is 1.31. The molecule has 0 aliphatic rings. The first-order chi connectivity index (χ1) is 9.97. The summed E-state index contributed by atoms with van der Waals surface area (Å²) in [7, 11) is -1.59. The van der Waals surface area contributed by atoms with Crippen LogP contribution >= 0.6 is 0 Å². The molecule has 2 rings (SSSR count). The summed E-state index contributed by atoms with van der Waals surface area (Å²) in [6.45, 7) is 1.37. The van der Waals surface area contributed by atoms with Gasteiger partial charge in [0, 0.05) is 25.5 Å². The molecule has 0 amide bonds. The number of benzene rings is 1. The van der Waals surface area contributed by atoms with Gasteiger partial charge in [-0.15, -0.1) is 10.2 Å². The molecule has 0 spiro atoms. The summed E-state index contributed by atoms with van der Waals surface area (Å²) >= 11 is 0. The van der Waals surface area contributed by atoms with Gasteiger partial charge in [0.25, 0.3) is 0 Å². The lowest BCUT2D eigenvalue weighted by Gasteiger charge is -2.09. The van der Waals surface area contributed by atoms with Crippen LogP contribution in [0, 0.1) is 0 Å². The van der Waals surface area contributed by atoms with Crippen molar-refractivity contribution in [3.05, 3.63) is 30.1 Å². The first kappa shape index (κ1) is 15.6. The molecular weight excluding hydrogens is 292 g/mol. The molecule has 1 heterocycles. The molecule has 21 heavy (non-hydrogen) atoms. The van der Waals surface area contributed by atoms with Crippen molar-refractivity contribution >= 4 is 9.84 Å². The molecule has 0 atom stereocenters. The number of methoxy groups -OCH3 is 1. The molecule has 0 saturated heterocycles. The van der Waals surface area contributed by atoms with E-state index < -0.39 is 9.84 Å². The van der Waals surface area contributed by atoms with Crippen LogP contribution in [0.15, 0.2) is 29.2 Å². The fraction of sp³-hybridized carbons (Fsp3) is 0.385. The Balaban J connectivity index is 2.39. The molecular formula is C13H18N4O3S. The number of nitrogens with two attached hydrogens (primary N) is 1. The van der Waals surface area contributed by atoms with Crippen LogP contribution in [0.2, 0.25) is 0 Å². The van der Waals surface area contributed by atoms with Gasteiger partial charge in [0.2, 0.25) is 0 Å². The van der Waals surface area contributed by atoms with Crippen molar-refractivity contribution in [2.24, 2.45) is 5.73 Å². The van der Waals surface area contributed by atoms with Crippen molar-refractivity contribution in [3.63, 3.8) is 0 Å². The Bertz CT molecular complexity index is 708. The van der Waals surface area contributed by atoms with Gasteiger partial charge in [-0.1, -0.05) is 0 Å². The van der Waals surface area contributed by atoms with Crippen LogP contribution in [0.1, 0.15) is 5.82 Å². The topological polar surface area (TPSA) is 100 Å². The van der Waals surface area contributed by atoms with Gasteiger partial charge < -0.3 is 15.0 Å². The summed E-state index contributed by atoms with van der Waals surface area (Å²) < 4.78 is 29.9. The van der Waals surface area contributed by atoms with E-state index in [1.54, 1.807) is 31.4 Å². The summed E-state index contributed by atoms with van der Waals surface area (Å²) in [4.78, 5) is 0.272. The van der Waals surface area contributed by atoms with Crippen LogP contribution in [0.4, 0.5) is 0 Å². The first-order valence-electron chi connectivity index (χ1n) is 6.39. The second-order valence-corrected chi connectivity index (χ2v) is 6.60. The second-order valence-electron chi connectivity index (χ2n) is 4.58. The maximum atomic E-state index is 11.5. The van der Waals surface area contributed by atoms with Crippen molar-refractivity contribution in [2.75, 3.05) is 20.0 Å². The van der Waals surface area contributed by atoms with Gasteiger partial charge in [-0.25, -0.2) is 8.42 Å². The Morgan fingerprint density at radius 1 is 1.24 bits per heavy atom. The van der Waals surface area contributed by atoms with Crippen molar-refractivity contribution in [1.82, 2.24) is 14.8 Å². The minimum absolute atomic E-state index is 0.272. The molecule has 0 bridgehead atoms. The molecule has 0 aliphatic heterocycles. The Hall–Kier alpha value is -1.77. The van der Waals surface area contributed by atoms with Gasteiger partial charge >= 0.3 is 0 Å². The van der Waals surface area contributed by atoms with Crippen LogP contribution in [0.25, 0.3) is 11.4 Å². The zero-order valence-electron chi connectivity index (χ0n) is 12.0. The third-order valence-corrected chi connectivity index (χ3v) is 4.20. The van der Waals surface area contributed by atoms with Crippen molar-refractivity contribution in [3.8, 4) is 11.4 Å². The number of ether oxygens (including phenoxy) is 1. The van der Waals surface area contributed by atoms with E-state index >= 15 is 0 Å². The van der Waals surface area contributed by atoms with Crippen LogP contribution in [-0.4, -0.2) is 43.2 Å². The van der Waals surface area contributed by atoms with E-state index in [1.807, 2.05) is 4.57 Å². The highest BCUT2D eigenvalue weighted by Gasteiger charge is 2.14. The lowest BCUT2D eigenvalue weighted by molar-refractivity contribution is 0.186. The van der Waals surface area contributed by atoms with Crippen LogP contribution in [-0.2, 0) is 27.7 Å². The molecule has 1 aromatic carbocycles. The Morgan fingerprint density at radius 2 is 1.90 bits per heavy atom. The smallest absolute Gasteiger partial charge is 0.175 e. The lowest BCUT2D eigenvalue weighted by Crippen LogP contribution is -2.12.